The summed E-state index contributed by atoms with van der Waals surface area (Å²) in [6, 6.07) is 3.30. The first-order valence-electron chi connectivity index (χ1n) is 4.43. The highest BCUT2D eigenvalue weighted by Gasteiger charge is 2.06. The fourth-order valence-electron chi connectivity index (χ4n) is 0.937. The zero-order valence-electron chi connectivity index (χ0n) is 8.33. The molecule has 0 aliphatic rings. The third kappa shape index (κ3) is 3.91. The van der Waals surface area contributed by atoms with Crippen LogP contribution in [0.25, 0.3) is 0 Å². The van der Waals surface area contributed by atoms with Crippen LogP contribution in [0.5, 0.6) is 0 Å². The molecule has 2 aromatic rings. The van der Waals surface area contributed by atoms with E-state index >= 15 is 0 Å². The average molecular weight is 288 g/mol. The number of halogens is 1. The van der Waals surface area contributed by atoms with Gasteiger partial charge in [0.2, 0.25) is 5.91 Å². The molecule has 0 atom stereocenters. The fraction of sp³-hybridized carbons (Fsp3) is 0.125. The number of anilines is 1. The van der Waals surface area contributed by atoms with E-state index in [1.54, 1.807) is 12.1 Å². The molecule has 0 bridgehead atoms. The topological polar surface area (TPSA) is 80.7 Å². The van der Waals surface area contributed by atoms with Crippen LogP contribution in [0, 0.1) is 0 Å². The predicted molar refractivity (Wildman–Crippen MR) is 66.3 cm³/mol. The Bertz CT molecular complexity index is 489. The molecule has 0 saturated heterocycles. The summed E-state index contributed by atoms with van der Waals surface area (Å²) >= 11 is 8.10. The van der Waals surface area contributed by atoms with Gasteiger partial charge in [-0.3, -0.25) is 4.79 Å². The van der Waals surface area contributed by atoms with Crippen molar-refractivity contribution >= 4 is 46.6 Å². The Balaban J connectivity index is 1.83. The second-order valence-corrected chi connectivity index (χ2v) is 5.22. The van der Waals surface area contributed by atoms with Crippen molar-refractivity contribution in [3.05, 3.63) is 23.4 Å². The van der Waals surface area contributed by atoms with Crippen molar-refractivity contribution in [3.8, 4) is 0 Å². The van der Waals surface area contributed by atoms with Gasteiger partial charge in [-0.15, -0.1) is 5.10 Å². The lowest BCUT2D eigenvalue weighted by atomic mass is 10.4. The van der Waals surface area contributed by atoms with Gasteiger partial charge in [0, 0.05) is 17.7 Å². The van der Waals surface area contributed by atoms with Crippen LogP contribution in [0.2, 0.25) is 5.02 Å². The maximum absolute atomic E-state index is 11.5. The second-order valence-electron chi connectivity index (χ2n) is 2.83. The van der Waals surface area contributed by atoms with E-state index in [2.05, 4.69) is 25.1 Å². The molecule has 9 heteroatoms. The molecule has 0 fully saturated rings. The lowest BCUT2D eigenvalue weighted by Crippen LogP contribution is -2.14. The van der Waals surface area contributed by atoms with Gasteiger partial charge in [-0.05, 0) is 17.3 Å². The molecular weight excluding hydrogens is 282 g/mol. The van der Waals surface area contributed by atoms with Crippen molar-refractivity contribution in [3.63, 3.8) is 0 Å². The van der Waals surface area contributed by atoms with Crippen molar-refractivity contribution in [1.29, 1.82) is 0 Å². The van der Waals surface area contributed by atoms with E-state index in [-0.39, 0.29) is 11.7 Å². The number of nitrogens with zero attached hydrogens (tertiary/aromatic N) is 4. The molecule has 88 valence electrons. The highest BCUT2D eigenvalue weighted by molar-refractivity contribution is 8.01. The first-order valence-corrected chi connectivity index (χ1v) is 6.57. The van der Waals surface area contributed by atoms with Crippen LogP contribution in [-0.4, -0.2) is 31.4 Å². The Labute approximate surface area is 110 Å². The molecule has 0 unspecified atom stereocenters. The Kier molecular flexibility index (Phi) is 4.24. The number of pyridine rings is 1. The third-order valence-electron chi connectivity index (χ3n) is 1.60. The number of nitrogens with one attached hydrogen (secondary N) is 1. The van der Waals surface area contributed by atoms with Gasteiger partial charge in [0.1, 0.15) is 5.82 Å². The van der Waals surface area contributed by atoms with E-state index in [4.69, 9.17) is 11.6 Å². The first-order chi connectivity index (χ1) is 8.24. The van der Waals surface area contributed by atoms with Gasteiger partial charge in [0.05, 0.1) is 10.8 Å². The van der Waals surface area contributed by atoms with Gasteiger partial charge < -0.3 is 5.32 Å². The SMILES string of the molecule is O=C(CSc1nnns1)Nc1ccc(Cl)cn1. The van der Waals surface area contributed by atoms with Crippen LogP contribution in [0.15, 0.2) is 22.7 Å². The van der Waals surface area contributed by atoms with Crippen molar-refractivity contribution < 1.29 is 4.79 Å². The van der Waals surface area contributed by atoms with E-state index in [9.17, 15) is 4.79 Å². The molecule has 0 saturated carbocycles. The normalized spacial score (nSPS) is 10.2. The number of thioether (sulfide) groups is 1. The molecule has 0 spiro atoms. The maximum Gasteiger partial charge on any atom is 0.235 e. The van der Waals surface area contributed by atoms with Gasteiger partial charge in [0.15, 0.2) is 4.34 Å². The number of amides is 1. The standard InChI is InChI=1S/C8H6ClN5OS2/c9-5-1-2-6(10-3-5)11-7(15)4-16-8-12-13-14-17-8/h1-3H,4H2,(H,10,11,15). The molecule has 0 aromatic carbocycles. The lowest BCUT2D eigenvalue weighted by molar-refractivity contribution is -0.113. The lowest BCUT2D eigenvalue weighted by Gasteiger charge is -2.02. The molecule has 1 amide bonds. The van der Waals surface area contributed by atoms with Gasteiger partial charge in [-0.25, -0.2) is 4.98 Å². The van der Waals surface area contributed by atoms with Crippen molar-refractivity contribution in [2.45, 2.75) is 4.34 Å². The number of hydrogen-bond acceptors (Lipinski definition) is 7. The molecule has 17 heavy (non-hydrogen) atoms. The molecule has 2 rings (SSSR count). The molecule has 0 radical (unpaired) electrons. The van der Waals surface area contributed by atoms with Crippen LogP contribution < -0.4 is 5.32 Å². The summed E-state index contributed by atoms with van der Waals surface area (Å²) in [4.78, 5) is 15.5. The van der Waals surface area contributed by atoms with Gasteiger partial charge >= 0.3 is 0 Å². The van der Waals surface area contributed by atoms with E-state index in [1.165, 1.54) is 18.0 Å². The number of aromatic nitrogens is 4. The van der Waals surface area contributed by atoms with Crippen LogP contribution >= 0.6 is 34.9 Å². The van der Waals surface area contributed by atoms with Crippen molar-refractivity contribution in [1.82, 2.24) is 19.8 Å². The van der Waals surface area contributed by atoms with Gasteiger partial charge in [0.25, 0.3) is 0 Å². The summed E-state index contributed by atoms with van der Waals surface area (Å²) in [5.41, 5.74) is 0. The van der Waals surface area contributed by atoms with Crippen LogP contribution in [0.3, 0.4) is 0 Å². The van der Waals surface area contributed by atoms with Crippen LogP contribution in [-0.2, 0) is 4.79 Å². The summed E-state index contributed by atoms with van der Waals surface area (Å²) in [5.74, 6) is 0.539. The highest BCUT2D eigenvalue weighted by atomic mass is 35.5. The van der Waals surface area contributed by atoms with Crippen LogP contribution in [0.1, 0.15) is 0 Å². The number of carbonyl (C=O) groups excluding carboxylic acids is 1. The second kappa shape index (κ2) is 5.89. The summed E-state index contributed by atoms with van der Waals surface area (Å²) in [5, 5.41) is 10.3. The van der Waals surface area contributed by atoms with E-state index in [0.717, 1.165) is 11.5 Å². The number of carbonyl (C=O) groups is 1. The van der Waals surface area contributed by atoms with Gasteiger partial charge in [-0.1, -0.05) is 27.9 Å². The Morgan fingerprint density at radius 2 is 2.41 bits per heavy atom. The third-order valence-corrected chi connectivity index (χ3v) is 3.53. The molecule has 0 aliphatic carbocycles. The number of hydrogen-bond donors (Lipinski definition) is 1. The minimum Gasteiger partial charge on any atom is -0.310 e. The molecular formula is C8H6ClN5OS2. The number of rotatable bonds is 4. The highest BCUT2D eigenvalue weighted by Crippen LogP contribution is 2.17. The Hall–Kier alpha value is -1.25. The Morgan fingerprint density at radius 1 is 1.53 bits per heavy atom. The molecule has 1 N–H and O–H groups in total. The van der Waals surface area contributed by atoms with Crippen molar-refractivity contribution in [2.24, 2.45) is 0 Å². The van der Waals surface area contributed by atoms with E-state index in [1.807, 2.05) is 0 Å². The Morgan fingerprint density at radius 3 is 3.06 bits per heavy atom. The minimum atomic E-state index is -0.167. The zero-order chi connectivity index (χ0) is 12.1. The molecule has 6 nitrogen and oxygen atoms in total. The summed E-state index contributed by atoms with van der Waals surface area (Å²) in [7, 11) is 0. The zero-order valence-corrected chi connectivity index (χ0v) is 10.7. The van der Waals surface area contributed by atoms with Crippen LogP contribution in [0.4, 0.5) is 5.82 Å². The largest absolute Gasteiger partial charge is 0.310 e. The minimum absolute atomic E-state index is 0.167. The average Bonchev–Trinajstić information content (AvgIpc) is 2.83. The summed E-state index contributed by atoms with van der Waals surface area (Å²) in [6.07, 6.45) is 1.47. The monoisotopic (exact) mass is 287 g/mol. The maximum atomic E-state index is 11.5. The quantitative estimate of drug-likeness (QED) is 0.862. The summed E-state index contributed by atoms with van der Waals surface area (Å²) < 4.78 is 4.25. The van der Waals surface area contributed by atoms with E-state index < -0.39 is 0 Å². The summed E-state index contributed by atoms with van der Waals surface area (Å²) in [6.45, 7) is 0. The molecule has 0 aliphatic heterocycles. The first kappa shape index (κ1) is 12.2. The van der Waals surface area contributed by atoms with E-state index in [0.29, 0.717) is 15.2 Å². The molecule has 2 aromatic heterocycles. The van der Waals surface area contributed by atoms with Crippen molar-refractivity contribution in [2.75, 3.05) is 11.1 Å². The predicted octanol–water partition coefficient (Wildman–Crippen LogP) is 1.71. The molecule has 2 heterocycles. The van der Waals surface area contributed by atoms with Gasteiger partial charge in [-0.2, -0.15) is 0 Å². The fourth-order valence-corrected chi connectivity index (χ4v) is 2.17. The smallest absolute Gasteiger partial charge is 0.235 e.